The summed E-state index contributed by atoms with van der Waals surface area (Å²) in [6.07, 6.45) is 1.53. The SMILES string of the molecule is NCC#Cc1cnc(NC(=O)Cc2ccccc2F)s1. The number of hydrogen-bond donors (Lipinski definition) is 2. The van der Waals surface area contributed by atoms with Crippen LogP contribution in [0.3, 0.4) is 0 Å². The van der Waals surface area contributed by atoms with Crippen LogP contribution in [-0.4, -0.2) is 17.4 Å². The first-order valence-electron chi connectivity index (χ1n) is 5.87. The van der Waals surface area contributed by atoms with Crippen molar-refractivity contribution >= 4 is 22.4 Å². The van der Waals surface area contributed by atoms with Gasteiger partial charge in [0, 0.05) is 0 Å². The topological polar surface area (TPSA) is 68.0 Å². The number of anilines is 1. The molecule has 0 saturated heterocycles. The molecule has 3 N–H and O–H groups in total. The van der Waals surface area contributed by atoms with Crippen molar-refractivity contribution in [3.8, 4) is 11.8 Å². The first-order chi connectivity index (χ1) is 9.69. The first kappa shape index (κ1) is 14.2. The lowest BCUT2D eigenvalue weighted by Gasteiger charge is -2.02. The maximum atomic E-state index is 13.4. The normalized spacial score (nSPS) is 9.70. The largest absolute Gasteiger partial charge is 0.320 e. The van der Waals surface area contributed by atoms with Gasteiger partial charge in [0.25, 0.3) is 0 Å². The predicted octanol–water partition coefficient (Wildman–Crippen LogP) is 1.77. The van der Waals surface area contributed by atoms with E-state index in [4.69, 9.17) is 5.73 Å². The maximum Gasteiger partial charge on any atom is 0.230 e. The fourth-order valence-corrected chi connectivity index (χ4v) is 2.21. The second-order valence-corrected chi connectivity index (χ2v) is 4.88. The van der Waals surface area contributed by atoms with E-state index in [2.05, 4.69) is 22.1 Å². The molecule has 1 aromatic carbocycles. The van der Waals surface area contributed by atoms with Gasteiger partial charge in [-0.2, -0.15) is 0 Å². The third kappa shape index (κ3) is 3.88. The molecule has 6 heteroatoms. The molecule has 4 nitrogen and oxygen atoms in total. The van der Waals surface area contributed by atoms with Crippen molar-refractivity contribution in [2.24, 2.45) is 5.73 Å². The number of nitrogens with two attached hydrogens (primary N) is 1. The Hall–Kier alpha value is -2.23. The van der Waals surface area contributed by atoms with Crippen LogP contribution in [-0.2, 0) is 11.2 Å². The second-order valence-electron chi connectivity index (χ2n) is 3.85. The molecular weight excluding hydrogens is 277 g/mol. The van der Waals surface area contributed by atoms with Gasteiger partial charge in [0.1, 0.15) is 5.82 Å². The Morgan fingerprint density at radius 2 is 2.25 bits per heavy atom. The average Bonchev–Trinajstić information content (AvgIpc) is 2.86. The number of benzene rings is 1. The van der Waals surface area contributed by atoms with Crippen LogP contribution in [0.15, 0.2) is 30.5 Å². The van der Waals surface area contributed by atoms with Gasteiger partial charge in [-0.25, -0.2) is 9.37 Å². The minimum atomic E-state index is -0.392. The lowest BCUT2D eigenvalue weighted by Crippen LogP contribution is -2.14. The zero-order chi connectivity index (χ0) is 14.4. The van der Waals surface area contributed by atoms with Gasteiger partial charge in [-0.15, -0.1) is 0 Å². The second kappa shape index (κ2) is 6.80. The van der Waals surface area contributed by atoms with Crippen LogP contribution < -0.4 is 11.1 Å². The number of nitrogens with zero attached hydrogens (tertiary/aromatic N) is 1. The standard InChI is InChI=1S/C14H12FN3OS/c15-12-6-2-1-4-10(12)8-13(19)18-14-17-9-11(20-14)5-3-7-16/h1-2,4,6,9H,7-8,16H2,(H,17,18,19). The molecule has 2 aromatic rings. The summed E-state index contributed by atoms with van der Waals surface area (Å²) in [7, 11) is 0. The van der Waals surface area contributed by atoms with Crippen LogP contribution in [0.25, 0.3) is 0 Å². The Morgan fingerprint density at radius 1 is 1.45 bits per heavy atom. The molecule has 0 aliphatic heterocycles. The summed E-state index contributed by atoms with van der Waals surface area (Å²) >= 11 is 1.25. The zero-order valence-electron chi connectivity index (χ0n) is 10.5. The Morgan fingerprint density at radius 3 is 3.00 bits per heavy atom. The number of amides is 1. The lowest BCUT2D eigenvalue weighted by atomic mass is 10.1. The van der Waals surface area contributed by atoms with Gasteiger partial charge in [-0.05, 0) is 11.6 Å². The van der Waals surface area contributed by atoms with E-state index >= 15 is 0 Å². The van der Waals surface area contributed by atoms with E-state index < -0.39 is 5.82 Å². The number of thiazole rings is 1. The fraction of sp³-hybridized carbons (Fsp3) is 0.143. The highest BCUT2D eigenvalue weighted by Gasteiger charge is 2.09. The molecule has 0 spiro atoms. The monoisotopic (exact) mass is 289 g/mol. The van der Waals surface area contributed by atoms with E-state index in [0.29, 0.717) is 10.7 Å². The van der Waals surface area contributed by atoms with Crippen LogP contribution >= 0.6 is 11.3 Å². The van der Waals surface area contributed by atoms with E-state index in [9.17, 15) is 9.18 Å². The number of carbonyl (C=O) groups excluding carboxylic acids is 1. The van der Waals surface area contributed by atoms with Gasteiger partial charge in [-0.1, -0.05) is 41.4 Å². The molecule has 1 heterocycles. The van der Waals surface area contributed by atoms with E-state index in [0.717, 1.165) is 4.88 Å². The Balaban J connectivity index is 1.98. The van der Waals surface area contributed by atoms with Gasteiger partial charge >= 0.3 is 0 Å². The van der Waals surface area contributed by atoms with E-state index in [1.807, 2.05) is 0 Å². The minimum Gasteiger partial charge on any atom is -0.320 e. The Bertz CT molecular complexity index is 672. The summed E-state index contributed by atoms with van der Waals surface area (Å²) in [5.41, 5.74) is 5.62. The molecule has 0 aliphatic carbocycles. The minimum absolute atomic E-state index is 0.0317. The molecule has 0 atom stereocenters. The van der Waals surface area contributed by atoms with Crippen molar-refractivity contribution in [3.63, 3.8) is 0 Å². The number of carbonyl (C=O) groups is 1. The highest BCUT2D eigenvalue weighted by molar-refractivity contribution is 7.16. The summed E-state index contributed by atoms with van der Waals surface area (Å²) < 4.78 is 13.4. The van der Waals surface area contributed by atoms with Crippen molar-refractivity contribution in [3.05, 3.63) is 46.7 Å². The van der Waals surface area contributed by atoms with Crippen molar-refractivity contribution in [2.45, 2.75) is 6.42 Å². The van der Waals surface area contributed by atoms with Gasteiger partial charge in [-0.3, -0.25) is 4.79 Å². The summed E-state index contributed by atoms with van der Waals surface area (Å²) in [5, 5.41) is 3.05. The average molecular weight is 289 g/mol. The first-order valence-corrected chi connectivity index (χ1v) is 6.68. The molecule has 0 saturated carbocycles. The number of nitrogens with one attached hydrogen (secondary N) is 1. The molecule has 0 fully saturated rings. The van der Waals surface area contributed by atoms with Gasteiger partial charge < -0.3 is 11.1 Å². The number of hydrogen-bond acceptors (Lipinski definition) is 4. The Kier molecular flexibility index (Phi) is 4.82. The molecule has 1 aromatic heterocycles. The van der Waals surface area contributed by atoms with Crippen molar-refractivity contribution in [2.75, 3.05) is 11.9 Å². The highest BCUT2D eigenvalue weighted by atomic mass is 32.1. The molecular formula is C14H12FN3OS. The van der Waals surface area contributed by atoms with Crippen LogP contribution in [0, 0.1) is 17.7 Å². The van der Waals surface area contributed by atoms with Crippen LogP contribution in [0.2, 0.25) is 0 Å². The van der Waals surface area contributed by atoms with E-state index in [-0.39, 0.29) is 18.9 Å². The Labute approximate surface area is 119 Å². The molecule has 0 radical (unpaired) electrons. The number of halogens is 1. The summed E-state index contributed by atoms with van der Waals surface area (Å²) in [4.78, 5) is 16.5. The van der Waals surface area contributed by atoms with Crippen molar-refractivity contribution in [1.29, 1.82) is 0 Å². The van der Waals surface area contributed by atoms with Gasteiger partial charge in [0.2, 0.25) is 5.91 Å². The van der Waals surface area contributed by atoms with Crippen LogP contribution in [0.5, 0.6) is 0 Å². The lowest BCUT2D eigenvalue weighted by molar-refractivity contribution is -0.115. The zero-order valence-corrected chi connectivity index (χ0v) is 11.3. The fourth-order valence-electron chi connectivity index (χ4n) is 1.51. The summed E-state index contributed by atoms with van der Waals surface area (Å²) in [6, 6.07) is 6.18. The molecule has 0 bridgehead atoms. The van der Waals surface area contributed by atoms with Gasteiger partial charge in [0.15, 0.2) is 5.13 Å². The predicted molar refractivity (Wildman–Crippen MR) is 76.8 cm³/mol. The van der Waals surface area contributed by atoms with E-state index in [1.165, 1.54) is 17.4 Å². The summed E-state index contributed by atoms with van der Waals surface area (Å²) in [5.74, 6) is 4.82. The van der Waals surface area contributed by atoms with E-state index in [1.54, 1.807) is 24.4 Å². The molecule has 0 aliphatic rings. The maximum absolute atomic E-state index is 13.4. The third-order valence-corrected chi connectivity index (χ3v) is 3.20. The molecule has 0 unspecified atom stereocenters. The number of rotatable bonds is 3. The van der Waals surface area contributed by atoms with Crippen molar-refractivity contribution in [1.82, 2.24) is 4.98 Å². The molecule has 102 valence electrons. The molecule has 20 heavy (non-hydrogen) atoms. The summed E-state index contributed by atoms with van der Waals surface area (Å²) in [6.45, 7) is 0.271. The quantitative estimate of drug-likeness (QED) is 0.846. The molecule has 2 rings (SSSR count). The smallest absolute Gasteiger partial charge is 0.230 e. The highest BCUT2D eigenvalue weighted by Crippen LogP contribution is 2.17. The van der Waals surface area contributed by atoms with Crippen LogP contribution in [0.1, 0.15) is 10.4 Å². The number of aromatic nitrogens is 1. The van der Waals surface area contributed by atoms with Crippen molar-refractivity contribution < 1.29 is 9.18 Å². The molecule has 1 amide bonds. The van der Waals surface area contributed by atoms with Gasteiger partial charge in [0.05, 0.1) is 24.0 Å². The van der Waals surface area contributed by atoms with Crippen LogP contribution in [0.4, 0.5) is 9.52 Å². The third-order valence-electron chi connectivity index (χ3n) is 2.37.